The first-order valence-corrected chi connectivity index (χ1v) is 8.95. The number of carbonyl (C=O) groups is 1. The Hall–Kier alpha value is -2.29. The molecular weight excluding hydrogens is 298 g/mol. The second kappa shape index (κ2) is 6.31. The van der Waals surface area contributed by atoms with Gasteiger partial charge in [-0.2, -0.15) is 0 Å². The lowest BCUT2D eigenvalue weighted by atomic mass is 9.98. The fourth-order valence-electron chi connectivity index (χ4n) is 4.02. The monoisotopic (exact) mass is 321 g/mol. The van der Waals surface area contributed by atoms with Crippen LogP contribution in [0, 0.1) is 0 Å². The summed E-state index contributed by atoms with van der Waals surface area (Å²) >= 11 is 0. The van der Waals surface area contributed by atoms with Crippen molar-refractivity contribution < 1.29 is 9.21 Å². The van der Waals surface area contributed by atoms with Gasteiger partial charge in [-0.25, -0.2) is 0 Å². The predicted octanol–water partition coefficient (Wildman–Crippen LogP) is 4.92. The van der Waals surface area contributed by atoms with Gasteiger partial charge >= 0.3 is 0 Å². The average Bonchev–Trinajstić information content (AvgIpc) is 3.05. The van der Waals surface area contributed by atoms with E-state index < -0.39 is 0 Å². The Bertz CT molecular complexity index is 880. The third kappa shape index (κ3) is 2.58. The van der Waals surface area contributed by atoms with Crippen LogP contribution in [0.15, 0.2) is 47.1 Å². The molecule has 2 aromatic carbocycles. The molecule has 4 rings (SSSR count). The quantitative estimate of drug-likeness (QED) is 0.686. The van der Waals surface area contributed by atoms with Gasteiger partial charge < -0.3 is 9.32 Å². The highest BCUT2D eigenvalue weighted by atomic mass is 16.3. The third-order valence-electron chi connectivity index (χ3n) is 5.30. The highest BCUT2D eigenvalue weighted by molar-refractivity contribution is 6.08. The summed E-state index contributed by atoms with van der Waals surface area (Å²) in [5, 5.41) is 3.44. The Labute approximate surface area is 142 Å². The normalized spacial score (nSPS) is 18.4. The fourth-order valence-corrected chi connectivity index (χ4v) is 4.02. The number of likely N-dealkylation sites (tertiary alicyclic amines) is 1. The predicted molar refractivity (Wildman–Crippen MR) is 97.1 cm³/mol. The molecule has 0 saturated carbocycles. The number of carbonyl (C=O) groups excluding carboxylic acids is 1. The zero-order valence-electron chi connectivity index (χ0n) is 14.1. The van der Waals surface area contributed by atoms with E-state index in [0.717, 1.165) is 47.7 Å². The van der Waals surface area contributed by atoms with Crippen LogP contribution in [-0.2, 0) is 11.2 Å². The molecule has 124 valence electrons. The van der Waals surface area contributed by atoms with Crippen LogP contribution in [0.1, 0.15) is 38.2 Å². The minimum Gasteiger partial charge on any atom is -0.464 e. The van der Waals surface area contributed by atoms with E-state index in [1.165, 1.54) is 11.8 Å². The Kier molecular flexibility index (Phi) is 4.01. The van der Waals surface area contributed by atoms with Gasteiger partial charge in [0.25, 0.3) is 0 Å². The van der Waals surface area contributed by atoms with Crippen molar-refractivity contribution in [1.29, 1.82) is 0 Å². The minimum atomic E-state index is 0.234. The highest BCUT2D eigenvalue weighted by Gasteiger charge is 2.26. The van der Waals surface area contributed by atoms with Gasteiger partial charge in [-0.15, -0.1) is 0 Å². The first-order chi connectivity index (χ1) is 11.8. The van der Waals surface area contributed by atoms with Crippen molar-refractivity contribution in [3.8, 4) is 0 Å². The maximum absolute atomic E-state index is 12.9. The SMILES string of the molecule is CCC1CCCCN1C(=O)Cc1coc2ccc3ccccc3c12. The van der Waals surface area contributed by atoms with E-state index in [1.54, 1.807) is 6.26 Å². The standard InChI is InChI=1S/C21H23NO2/c1-2-17-8-5-6-12-22(17)20(23)13-16-14-24-19-11-10-15-7-3-4-9-18(15)21(16)19/h3-4,7,9-11,14,17H,2,5-6,8,12-13H2,1H3. The van der Waals surface area contributed by atoms with E-state index in [2.05, 4.69) is 30.0 Å². The van der Waals surface area contributed by atoms with Crippen LogP contribution >= 0.6 is 0 Å². The number of amides is 1. The van der Waals surface area contributed by atoms with Crippen LogP contribution in [0.25, 0.3) is 21.7 Å². The molecule has 1 fully saturated rings. The lowest BCUT2D eigenvalue weighted by Crippen LogP contribution is -2.44. The Morgan fingerprint density at radius 3 is 2.96 bits per heavy atom. The van der Waals surface area contributed by atoms with Gasteiger partial charge in [0.1, 0.15) is 5.58 Å². The number of hydrogen-bond acceptors (Lipinski definition) is 2. The van der Waals surface area contributed by atoms with Gasteiger partial charge in [0.05, 0.1) is 12.7 Å². The number of benzene rings is 2. The molecule has 3 aromatic rings. The molecule has 1 atom stereocenters. The van der Waals surface area contributed by atoms with Crippen molar-refractivity contribution >= 4 is 27.6 Å². The number of nitrogens with zero attached hydrogens (tertiary/aromatic N) is 1. The molecule has 0 aliphatic carbocycles. The molecular formula is C21H23NO2. The van der Waals surface area contributed by atoms with E-state index in [9.17, 15) is 4.79 Å². The van der Waals surface area contributed by atoms with Crippen LogP contribution in [-0.4, -0.2) is 23.4 Å². The summed E-state index contributed by atoms with van der Waals surface area (Å²) in [6, 6.07) is 12.8. The molecule has 1 aliphatic heterocycles. The van der Waals surface area contributed by atoms with Crippen molar-refractivity contribution in [3.63, 3.8) is 0 Å². The van der Waals surface area contributed by atoms with Crippen LogP contribution < -0.4 is 0 Å². The first-order valence-electron chi connectivity index (χ1n) is 8.95. The van der Waals surface area contributed by atoms with Crippen molar-refractivity contribution in [2.75, 3.05) is 6.54 Å². The summed E-state index contributed by atoms with van der Waals surface area (Å²) in [6.45, 7) is 3.07. The molecule has 1 saturated heterocycles. The number of piperidine rings is 1. The van der Waals surface area contributed by atoms with Gasteiger partial charge in [-0.05, 0) is 42.5 Å². The van der Waals surface area contributed by atoms with Crippen molar-refractivity contribution in [2.24, 2.45) is 0 Å². The van der Waals surface area contributed by atoms with E-state index in [4.69, 9.17) is 4.42 Å². The van der Waals surface area contributed by atoms with Crippen LogP contribution in [0.5, 0.6) is 0 Å². The summed E-state index contributed by atoms with van der Waals surface area (Å²) in [5.41, 5.74) is 1.87. The zero-order chi connectivity index (χ0) is 16.5. The number of rotatable bonds is 3. The summed E-state index contributed by atoms with van der Waals surface area (Å²) < 4.78 is 5.73. The van der Waals surface area contributed by atoms with Gasteiger partial charge in [0, 0.05) is 23.5 Å². The molecule has 0 bridgehead atoms. The summed E-state index contributed by atoms with van der Waals surface area (Å²) in [7, 11) is 0. The molecule has 0 N–H and O–H groups in total. The Morgan fingerprint density at radius 2 is 2.08 bits per heavy atom. The molecule has 2 heterocycles. The third-order valence-corrected chi connectivity index (χ3v) is 5.30. The van der Waals surface area contributed by atoms with Crippen LogP contribution in [0.3, 0.4) is 0 Å². The largest absolute Gasteiger partial charge is 0.464 e. The molecule has 0 radical (unpaired) electrons. The van der Waals surface area contributed by atoms with Gasteiger partial charge in [-0.1, -0.05) is 37.3 Å². The molecule has 24 heavy (non-hydrogen) atoms. The summed E-state index contributed by atoms with van der Waals surface area (Å²) in [6.07, 6.45) is 6.73. The maximum atomic E-state index is 12.9. The average molecular weight is 321 g/mol. The maximum Gasteiger partial charge on any atom is 0.227 e. The topological polar surface area (TPSA) is 33.5 Å². The smallest absolute Gasteiger partial charge is 0.227 e. The summed E-state index contributed by atoms with van der Waals surface area (Å²) in [5.74, 6) is 0.234. The van der Waals surface area contributed by atoms with Gasteiger partial charge in [-0.3, -0.25) is 4.79 Å². The van der Waals surface area contributed by atoms with E-state index in [-0.39, 0.29) is 5.91 Å². The van der Waals surface area contributed by atoms with Crippen molar-refractivity contribution in [3.05, 3.63) is 48.2 Å². The minimum absolute atomic E-state index is 0.234. The fraction of sp³-hybridized carbons (Fsp3) is 0.381. The van der Waals surface area contributed by atoms with Crippen LogP contribution in [0.4, 0.5) is 0 Å². The molecule has 1 unspecified atom stereocenters. The molecule has 1 amide bonds. The second-order valence-corrected chi connectivity index (χ2v) is 6.74. The lowest BCUT2D eigenvalue weighted by molar-refractivity contribution is -0.134. The van der Waals surface area contributed by atoms with E-state index in [0.29, 0.717) is 12.5 Å². The molecule has 3 heteroatoms. The summed E-state index contributed by atoms with van der Waals surface area (Å²) in [4.78, 5) is 15.0. The van der Waals surface area contributed by atoms with Gasteiger partial charge in [0.2, 0.25) is 5.91 Å². The number of furan rings is 1. The highest BCUT2D eigenvalue weighted by Crippen LogP contribution is 2.31. The van der Waals surface area contributed by atoms with Gasteiger partial charge in [0.15, 0.2) is 0 Å². The van der Waals surface area contributed by atoms with Crippen molar-refractivity contribution in [1.82, 2.24) is 4.90 Å². The van der Waals surface area contributed by atoms with Crippen LogP contribution in [0.2, 0.25) is 0 Å². The number of fused-ring (bicyclic) bond motifs is 3. The number of hydrogen-bond donors (Lipinski definition) is 0. The molecule has 3 nitrogen and oxygen atoms in total. The molecule has 1 aliphatic rings. The molecule has 0 spiro atoms. The second-order valence-electron chi connectivity index (χ2n) is 6.74. The Balaban J connectivity index is 1.69. The van der Waals surface area contributed by atoms with Crippen molar-refractivity contribution in [2.45, 2.75) is 45.1 Å². The zero-order valence-corrected chi connectivity index (χ0v) is 14.1. The lowest BCUT2D eigenvalue weighted by Gasteiger charge is -2.35. The molecule has 1 aromatic heterocycles. The first kappa shape index (κ1) is 15.3. The van der Waals surface area contributed by atoms with E-state index in [1.807, 2.05) is 18.2 Å². The Morgan fingerprint density at radius 1 is 1.21 bits per heavy atom. The van der Waals surface area contributed by atoms with E-state index >= 15 is 0 Å².